The predicted molar refractivity (Wildman–Crippen MR) is 284 cm³/mol. The minimum atomic E-state index is -1.17. The summed E-state index contributed by atoms with van der Waals surface area (Å²) in [6, 6.07) is 21.1. The lowest BCUT2D eigenvalue weighted by atomic mass is 9.79. The third-order valence-corrected chi connectivity index (χ3v) is 15.4. The molecule has 0 amide bonds. The maximum Gasteiger partial charge on any atom is 0.210 e. The SMILES string of the molecule is CN(CCOC/C(=C/NCc1cc(C(C)(C)C)cc(C(C)(C)C)c1)N=N)c1ccc(C2C(=O)C(=O)C(c3ccc(N(C)CCOCc4cn(Cc5cc(C(C)(C)C)cc(C(C)(C)C)c5)nn4)s3)C2O)s1. The minimum absolute atomic E-state index is 0.0227. The van der Waals surface area contributed by atoms with Crippen molar-refractivity contribution in [2.75, 3.05) is 56.8 Å². The molecule has 1 aliphatic carbocycles. The van der Waals surface area contributed by atoms with E-state index in [9.17, 15) is 14.7 Å². The van der Waals surface area contributed by atoms with E-state index in [0.29, 0.717) is 61.5 Å². The Labute approximate surface area is 424 Å². The molecule has 0 aliphatic heterocycles. The molecule has 0 bridgehead atoms. The molecule has 0 radical (unpaired) electrons. The Morgan fingerprint density at radius 2 is 1.19 bits per heavy atom. The van der Waals surface area contributed by atoms with Crippen molar-refractivity contribution in [3.8, 4) is 0 Å². The molecule has 1 saturated carbocycles. The standard InChI is InChI=1S/C55H76N8O5S2/c1-52(2,3)37-23-35(24-38(27-37)53(4,5)6)29-57-30-41(58-56)33-67-21-19-61(13)45-17-15-43(69-45)47-49(64)48(51(66)50(47)65)44-16-18-46(70-44)62(14)20-22-68-34-42-32-63(60-59-42)31-36-25-39(54(7,8)9)28-40(26-36)55(10,11)12/h15-18,23-28,30,32,47-49,56-57,64H,19-22,29,31,33-34H2,1-14H3/b41-30-,58-56?. The van der Waals surface area contributed by atoms with Gasteiger partial charge in [0.1, 0.15) is 11.4 Å². The number of thiophene rings is 2. The van der Waals surface area contributed by atoms with Crippen molar-refractivity contribution in [3.63, 3.8) is 0 Å². The van der Waals surface area contributed by atoms with Gasteiger partial charge in [0.05, 0.1) is 67.1 Å². The summed E-state index contributed by atoms with van der Waals surface area (Å²) in [5.41, 5.74) is 16.6. The van der Waals surface area contributed by atoms with E-state index in [0.717, 1.165) is 15.7 Å². The average molecular weight is 993 g/mol. The summed E-state index contributed by atoms with van der Waals surface area (Å²) in [6.07, 6.45) is 2.50. The Kier molecular flexibility index (Phi) is 17.2. The number of aliphatic hydroxyl groups excluding tert-OH is 1. The van der Waals surface area contributed by atoms with Crippen molar-refractivity contribution in [1.82, 2.24) is 20.3 Å². The van der Waals surface area contributed by atoms with E-state index in [1.807, 2.05) is 59.0 Å². The van der Waals surface area contributed by atoms with Gasteiger partial charge in [0.2, 0.25) is 11.6 Å². The largest absolute Gasteiger partial charge is 0.391 e. The van der Waals surface area contributed by atoms with Gasteiger partial charge in [-0.3, -0.25) is 9.59 Å². The minimum Gasteiger partial charge on any atom is -0.391 e. The second-order valence-electron chi connectivity index (χ2n) is 22.8. The van der Waals surface area contributed by atoms with Crippen molar-refractivity contribution in [1.29, 1.82) is 5.53 Å². The molecule has 3 atom stereocenters. The van der Waals surface area contributed by atoms with Crippen LogP contribution >= 0.6 is 22.7 Å². The van der Waals surface area contributed by atoms with E-state index in [4.69, 9.17) is 15.0 Å². The second kappa shape index (κ2) is 22.1. The van der Waals surface area contributed by atoms with Gasteiger partial charge in [-0.05, 0) is 79.3 Å². The maximum atomic E-state index is 13.5. The number of likely N-dealkylation sites (N-methyl/N-ethyl adjacent to an activating group) is 2. The molecular weight excluding hydrogens is 917 g/mol. The Morgan fingerprint density at radius 3 is 1.64 bits per heavy atom. The number of hydrogen-bond acceptors (Lipinski definition) is 14. The first-order valence-corrected chi connectivity index (χ1v) is 25.9. The number of nitrogens with one attached hydrogen (secondary N) is 2. The van der Waals surface area contributed by atoms with Crippen LogP contribution in [0.2, 0.25) is 0 Å². The molecule has 378 valence electrons. The van der Waals surface area contributed by atoms with Gasteiger partial charge >= 0.3 is 0 Å². The maximum absolute atomic E-state index is 13.5. The summed E-state index contributed by atoms with van der Waals surface area (Å²) >= 11 is 2.79. The molecule has 5 aromatic rings. The van der Waals surface area contributed by atoms with E-state index in [2.05, 4.69) is 140 Å². The Hall–Kier alpha value is -5.06. The van der Waals surface area contributed by atoms with Crippen LogP contribution in [0.1, 0.15) is 144 Å². The first-order valence-electron chi connectivity index (χ1n) is 24.2. The Bertz CT molecular complexity index is 2570. The monoisotopic (exact) mass is 993 g/mol. The number of hydrogen-bond donors (Lipinski definition) is 3. The van der Waals surface area contributed by atoms with Crippen molar-refractivity contribution in [2.24, 2.45) is 5.11 Å². The number of ether oxygens (including phenoxy) is 2. The molecule has 13 nitrogen and oxygen atoms in total. The summed E-state index contributed by atoms with van der Waals surface area (Å²) in [5.74, 6) is -2.99. The average Bonchev–Trinajstić information content (AvgIpc) is 4.10. The first kappa shape index (κ1) is 54.3. The number of rotatable bonds is 20. The molecule has 6 rings (SSSR count). The predicted octanol–water partition coefficient (Wildman–Crippen LogP) is 10.8. The number of carbonyl (C=O) groups excluding carboxylic acids is 2. The van der Waals surface area contributed by atoms with Crippen LogP contribution in [0.5, 0.6) is 0 Å². The van der Waals surface area contributed by atoms with Gasteiger partial charge in [0, 0.05) is 49.7 Å². The molecule has 0 saturated heterocycles. The van der Waals surface area contributed by atoms with Gasteiger partial charge in [-0.15, -0.1) is 27.8 Å². The fourth-order valence-corrected chi connectivity index (χ4v) is 10.4. The summed E-state index contributed by atoms with van der Waals surface area (Å²) in [5, 5.41) is 29.1. The summed E-state index contributed by atoms with van der Waals surface area (Å²) in [4.78, 5) is 32.3. The van der Waals surface area contributed by atoms with Crippen LogP contribution < -0.4 is 15.1 Å². The number of carbonyl (C=O) groups is 2. The van der Waals surface area contributed by atoms with Crippen LogP contribution in [0, 0.1) is 5.53 Å². The summed E-state index contributed by atoms with van der Waals surface area (Å²) in [6.45, 7) is 30.4. The van der Waals surface area contributed by atoms with Crippen LogP contribution in [-0.2, 0) is 60.4 Å². The van der Waals surface area contributed by atoms with Gasteiger partial charge in [-0.1, -0.05) is 125 Å². The van der Waals surface area contributed by atoms with Crippen molar-refractivity contribution >= 4 is 44.2 Å². The van der Waals surface area contributed by atoms with Crippen LogP contribution in [0.15, 0.2) is 83.9 Å². The van der Waals surface area contributed by atoms with Gasteiger partial charge in [0.15, 0.2) is 0 Å². The lowest BCUT2D eigenvalue weighted by Gasteiger charge is -2.26. The number of nitrogens with zero attached hydrogens (tertiary/aromatic N) is 6. The van der Waals surface area contributed by atoms with E-state index < -0.39 is 29.5 Å². The summed E-state index contributed by atoms with van der Waals surface area (Å²) < 4.78 is 13.8. The normalized spacial score (nSPS) is 17.1. The number of benzene rings is 2. The van der Waals surface area contributed by atoms with Gasteiger partial charge in [-0.2, -0.15) is 5.11 Å². The lowest BCUT2D eigenvalue weighted by Crippen LogP contribution is -2.22. The number of ketones is 2. The molecule has 3 aromatic heterocycles. The highest BCUT2D eigenvalue weighted by Crippen LogP contribution is 2.45. The molecule has 2 aromatic carbocycles. The molecule has 3 N–H and O–H groups in total. The molecule has 1 fully saturated rings. The van der Waals surface area contributed by atoms with Gasteiger partial charge in [0.25, 0.3) is 0 Å². The zero-order valence-corrected chi connectivity index (χ0v) is 45.5. The van der Waals surface area contributed by atoms with Gasteiger partial charge in [-0.25, -0.2) is 10.2 Å². The van der Waals surface area contributed by atoms with Crippen molar-refractivity contribution < 1.29 is 24.2 Å². The fourth-order valence-electron chi connectivity index (χ4n) is 8.18. The zero-order valence-electron chi connectivity index (χ0n) is 43.9. The van der Waals surface area contributed by atoms with E-state index >= 15 is 0 Å². The van der Waals surface area contributed by atoms with Crippen LogP contribution in [0.3, 0.4) is 0 Å². The van der Waals surface area contributed by atoms with Crippen LogP contribution in [0.4, 0.5) is 10.0 Å². The highest BCUT2D eigenvalue weighted by atomic mass is 32.1. The zero-order chi connectivity index (χ0) is 51.3. The van der Waals surface area contributed by atoms with Crippen molar-refractivity contribution in [3.05, 3.63) is 128 Å². The van der Waals surface area contributed by atoms with Crippen molar-refractivity contribution in [2.45, 2.75) is 142 Å². The number of aromatic nitrogens is 3. The fraction of sp³-hybridized carbons (Fsp3) is 0.527. The lowest BCUT2D eigenvalue weighted by molar-refractivity contribution is -0.135. The van der Waals surface area contributed by atoms with E-state index in [1.165, 1.54) is 56.1 Å². The highest BCUT2D eigenvalue weighted by Gasteiger charge is 2.51. The Balaban J connectivity index is 0.955. The molecule has 1 aliphatic rings. The topological polar surface area (TPSA) is 158 Å². The third kappa shape index (κ3) is 13.9. The summed E-state index contributed by atoms with van der Waals surface area (Å²) in [7, 11) is 3.89. The molecule has 0 spiro atoms. The van der Waals surface area contributed by atoms with Crippen LogP contribution in [0.25, 0.3) is 0 Å². The number of aliphatic hydroxyl groups is 1. The molecule has 3 heterocycles. The third-order valence-electron chi connectivity index (χ3n) is 12.8. The van der Waals surface area contributed by atoms with E-state index in [1.54, 1.807) is 6.20 Å². The van der Waals surface area contributed by atoms with E-state index in [-0.39, 0.29) is 28.3 Å². The molecule has 15 heteroatoms. The number of anilines is 2. The molecule has 70 heavy (non-hydrogen) atoms. The first-order chi connectivity index (χ1) is 32.7. The van der Waals surface area contributed by atoms with Crippen LogP contribution in [-0.4, -0.2) is 84.8 Å². The van der Waals surface area contributed by atoms with Gasteiger partial charge < -0.3 is 29.7 Å². The smallest absolute Gasteiger partial charge is 0.210 e. The molecular formula is C55H76N8O5S2. The quantitative estimate of drug-likeness (QED) is 0.0389. The molecule has 3 unspecified atom stereocenters. The highest BCUT2D eigenvalue weighted by molar-refractivity contribution is 7.17. The number of Topliss-reactive ketones (excluding diaryl/α,β-unsaturated/α-hetero) is 2. The second-order valence-corrected chi connectivity index (χ2v) is 25.0. The Morgan fingerprint density at radius 1 is 0.729 bits per heavy atom.